The molecule has 0 N–H and O–H groups in total. The van der Waals surface area contributed by atoms with Crippen molar-refractivity contribution in [3.05, 3.63) is 35.4 Å². The number of ether oxygens (including phenoxy) is 1. The number of benzene rings is 1. The molecule has 1 aromatic carbocycles. The van der Waals surface area contributed by atoms with E-state index in [2.05, 4.69) is 41.0 Å². The first-order valence-electron chi connectivity index (χ1n) is 8.34. The fourth-order valence-corrected chi connectivity index (χ4v) is 2.88. The van der Waals surface area contributed by atoms with Gasteiger partial charge in [0.2, 0.25) is 0 Å². The van der Waals surface area contributed by atoms with Crippen molar-refractivity contribution in [2.75, 3.05) is 39.3 Å². The van der Waals surface area contributed by atoms with Gasteiger partial charge in [-0.25, -0.2) is 0 Å². The molecular formula is C18H28N2O2. The molecule has 1 aliphatic rings. The summed E-state index contributed by atoms with van der Waals surface area (Å²) < 4.78 is 4.96. The van der Waals surface area contributed by atoms with Gasteiger partial charge in [-0.3, -0.25) is 9.69 Å². The molecule has 122 valence electrons. The van der Waals surface area contributed by atoms with Crippen LogP contribution in [0.1, 0.15) is 30.9 Å². The Morgan fingerprint density at radius 2 is 1.82 bits per heavy atom. The van der Waals surface area contributed by atoms with E-state index in [1.165, 1.54) is 11.1 Å². The van der Waals surface area contributed by atoms with Crippen LogP contribution in [0.25, 0.3) is 0 Å². The zero-order valence-corrected chi connectivity index (χ0v) is 13.9. The average Bonchev–Trinajstić information content (AvgIpc) is 2.51. The van der Waals surface area contributed by atoms with Crippen LogP contribution in [0.3, 0.4) is 0 Å². The van der Waals surface area contributed by atoms with Gasteiger partial charge in [-0.05, 0) is 37.9 Å². The van der Waals surface area contributed by atoms with E-state index >= 15 is 0 Å². The van der Waals surface area contributed by atoms with Crippen LogP contribution in [-0.2, 0) is 16.1 Å². The lowest BCUT2D eigenvalue weighted by Gasteiger charge is -2.34. The quantitative estimate of drug-likeness (QED) is 0.725. The zero-order chi connectivity index (χ0) is 15.8. The van der Waals surface area contributed by atoms with Crippen LogP contribution in [0.15, 0.2) is 24.3 Å². The second-order valence-corrected chi connectivity index (χ2v) is 5.95. The number of rotatable bonds is 7. The Kier molecular flexibility index (Phi) is 6.87. The first-order chi connectivity index (χ1) is 10.7. The lowest BCUT2D eigenvalue weighted by atomic mass is 10.1. The van der Waals surface area contributed by atoms with Crippen molar-refractivity contribution in [3.63, 3.8) is 0 Å². The molecule has 1 saturated heterocycles. The smallest absolute Gasteiger partial charge is 0.305 e. The van der Waals surface area contributed by atoms with Crippen LogP contribution < -0.4 is 0 Å². The number of carbonyl (C=O) groups excluding carboxylic acids is 1. The normalized spacial score (nSPS) is 16.6. The van der Waals surface area contributed by atoms with Crippen molar-refractivity contribution < 1.29 is 9.53 Å². The van der Waals surface area contributed by atoms with Gasteiger partial charge in [-0.2, -0.15) is 0 Å². The number of carbonyl (C=O) groups is 1. The molecule has 1 fully saturated rings. The van der Waals surface area contributed by atoms with E-state index in [0.29, 0.717) is 13.0 Å². The minimum Gasteiger partial charge on any atom is -0.466 e. The zero-order valence-electron chi connectivity index (χ0n) is 13.9. The maximum Gasteiger partial charge on any atom is 0.305 e. The predicted molar refractivity (Wildman–Crippen MR) is 88.8 cm³/mol. The van der Waals surface area contributed by atoms with E-state index in [1.54, 1.807) is 0 Å². The third kappa shape index (κ3) is 5.43. The molecule has 0 unspecified atom stereocenters. The van der Waals surface area contributed by atoms with Crippen molar-refractivity contribution in [2.45, 2.75) is 33.2 Å². The standard InChI is InChI=1S/C18H28N2O2/c1-3-22-18(21)9-6-10-19-11-13-20(14-12-19)15-17-8-5-4-7-16(17)2/h4-5,7-8H,3,6,9-15H2,1-2H3. The average molecular weight is 304 g/mol. The van der Waals surface area contributed by atoms with Gasteiger partial charge in [0.25, 0.3) is 0 Å². The fraction of sp³-hybridized carbons (Fsp3) is 0.611. The maximum absolute atomic E-state index is 11.3. The molecular weight excluding hydrogens is 276 g/mol. The lowest BCUT2D eigenvalue weighted by Crippen LogP contribution is -2.46. The summed E-state index contributed by atoms with van der Waals surface area (Å²) in [7, 11) is 0. The Hall–Kier alpha value is -1.39. The summed E-state index contributed by atoms with van der Waals surface area (Å²) in [6.45, 7) is 11.0. The van der Waals surface area contributed by atoms with Gasteiger partial charge in [0, 0.05) is 39.1 Å². The maximum atomic E-state index is 11.3. The summed E-state index contributed by atoms with van der Waals surface area (Å²) >= 11 is 0. The second-order valence-electron chi connectivity index (χ2n) is 5.95. The molecule has 1 aromatic rings. The van der Waals surface area contributed by atoms with Crippen LogP contribution in [0.4, 0.5) is 0 Å². The number of esters is 1. The summed E-state index contributed by atoms with van der Waals surface area (Å²) in [6.07, 6.45) is 1.44. The Bertz CT molecular complexity index is 468. The van der Waals surface area contributed by atoms with Crippen LogP contribution >= 0.6 is 0 Å². The van der Waals surface area contributed by atoms with Gasteiger partial charge in [0.1, 0.15) is 0 Å². The third-order valence-corrected chi connectivity index (χ3v) is 4.28. The molecule has 22 heavy (non-hydrogen) atoms. The summed E-state index contributed by atoms with van der Waals surface area (Å²) in [6, 6.07) is 8.62. The molecule has 4 heteroatoms. The molecule has 4 nitrogen and oxygen atoms in total. The molecule has 0 amide bonds. The third-order valence-electron chi connectivity index (χ3n) is 4.28. The summed E-state index contributed by atoms with van der Waals surface area (Å²) in [4.78, 5) is 16.3. The van der Waals surface area contributed by atoms with E-state index in [1.807, 2.05) is 6.92 Å². The van der Waals surface area contributed by atoms with E-state index in [-0.39, 0.29) is 5.97 Å². The van der Waals surface area contributed by atoms with Crippen LogP contribution in [0, 0.1) is 6.92 Å². The van der Waals surface area contributed by atoms with Crippen LogP contribution in [-0.4, -0.2) is 55.1 Å². The number of aryl methyl sites for hydroxylation is 1. The van der Waals surface area contributed by atoms with Gasteiger partial charge < -0.3 is 9.64 Å². The highest BCUT2D eigenvalue weighted by Crippen LogP contribution is 2.12. The van der Waals surface area contributed by atoms with Crippen molar-refractivity contribution in [2.24, 2.45) is 0 Å². The van der Waals surface area contributed by atoms with Crippen molar-refractivity contribution in [1.82, 2.24) is 9.80 Å². The second kappa shape index (κ2) is 8.91. The van der Waals surface area contributed by atoms with E-state index < -0.39 is 0 Å². The number of piperazine rings is 1. The topological polar surface area (TPSA) is 32.8 Å². The Balaban J connectivity index is 1.65. The van der Waals surface area contributed by atoms with Crippen molar-refractivity contribution in [3.8, 4) is 0 Å². The van der Waals surface area contributed by atoms with Gasteiger partial charge in [-0.15, -0.1) is 0 Å². The monoisotopic (exact) mass is 304 g/mol. The minimum atomic E-state index is -0.0688. The number of hydrogen-bond donors (Lipinski definition) is 0. The van der Waals surface area contributed by atoms with Crippen molar-refractivity contribution >= 4 is 5.97 Å². The SMILES string of the molecule is CCOC(=O)CCCN1CCN(Cc2ccccc2C)CC1. The Morgan fingerprint density at radius 3 is 2.50 bits per heavy atom. The summed E-state index contributed by atoms with van der Waals surface area (Å²) in [5, 5.41) is 0. The molecule has 0 aliphatic carbocycles. The highest BCUT2D eigenvalue weighted by atomic mass is 16.5. The number of hydrogen-bond acceptors (Lipinski definition) is 4. The molecule has 0 saturated carbocycles. The lowest BCUT2D eigenvalue weighted by molar-refractivity contribution is -0.143. The summed E-state index contributed by atoms with van der Waals surface area (Å²) in [5.41, 5.74) is 2.80. The molecule has 1 heterocycles. The fourth-order valence-electron chi connectivity index (χ4n) is 2.88. The minimum absolute atomic E-state index is 0.0688. The van der Waals surface area contributed by atoms with Gasteiger partial charge in [0.05, 0.1) is 6.61 Å². The van der Waals surface area contributed by atoms with E-state index in [0.717, 1.165) is 45.7 Å². The largest absolute Gasteiger partial charge is 0.466 e. The molecule has 0 bridgehead atoms. The number of nitrogens with zero attached hydrogens (tertiary/aromatic N) is 2. The van der Waals surface area contributed by atoms with Gasteiger partial charge in [0.15, 0.2) is 0 Å². The first kappa shape index (κ1) is 17.0. The van der Waals surface area contributed by atoms with E-state index in [4.69, 9.17) is 4.74 Å². The molecule has 0 spiro atoms. The molecule has 1 aliphatic heterocycles. The highest BCUT2D eigenvalue weighted by Gasteiger charge is 2.17. The van der Waals surface area contributed by atoms with Gasteiger partial charge in [-0.1, -0.05) is 24.3 Å². The molecule has 0 atom stereocenters. The Morgan fingerprint density at radius 1 is 1.14 bits per heavy atom. The molecule has 0 radical (unpaired) electrons. The molecule has 2 rings (SSSR count). The van der Waals surface area contributed by atoms with Crippen molar-refractivity contribution in [1.29, 1.82) is 0 Å². The Labute approximate surface area is 134 Å². The van der Waals surface area contributed by atoms with E-state index in [9.17, 15) is 4.79 Å². The first-order valence-corrected chi connectivity index (χ1v) is 8.34. The highest BCUT2D eigenvalue weighted by molar-refractivity contribution is 5.69. The van der Waals surface area contributed by atoms with Crippen LogP contribution in [0.5, 0.6) is 0 Å². The molecule has 0 aromatic heterocycles. The summed E-state index contributed by atoms with van der Waals surface area (Å²) in [5.74, 6) is -0.0688. The van der Waals surface area contributed by atoms with Gasteiger partial charge >= 0.3 is 5.97 Å². The van der Waals surface area contributed by atoms with Crippen LogP contribution in [0.2, 0.25) is 0 Å². The predicted octanol–water partition coefficient (Wildman–Crippen LogP) is 2.46.